The molecule has 0 aromatic heterocycles. The number of likely N-dealkylation sites (tertiary alicyclic amines) is 1. The maximum atomic E-state index is 16.0. The van der Waals surface area contributed by atoms with Crippen LogP contribution in [0.3, 0.4) is 0 Å². The van der Waals surface area contributed by atoms with Gasteiger partial charge in [-0.1, -0.05) is 298 Å². The van der Waals surface area contributed by atoms with E-state index in [4.69, 9.17) is 41.1 Å². The first-order chi connectivity index (χ1) is 54.6. The third-order valence-electron chi connectivity index (χ3n) is 28.5. The molecule has 2 aromatic carbocycles. The van der Waals surface area contributed by atoms with Gasteiger partial charge in [-0.3, -0.25) is 4.79 Å². The molecule has 1 saturated carbocycles. The third kappa shape index (κ3) is 27.4. The van der Waals surface area contributed by atoms with Gasteiger partial charge in [0.05, 0.1) is 42.7 Å². The van der Waals surface area contributed by atoms with E-state index in [-0.39, 0.29) is 65.8 Å². The van der Waals surface area contributed by atoms with Crippen molar-refractivity contribution in [2.45, 2.75) is 419 Å². The third-order valence-corrected chi connectivity index (χ3v) is 56.5. The minimum absolute atomic E-state index is 0.140. The molecule has 2 N–H and O–H groups in total. The topological polar surface area (TPSA) is 161 Å². The van der Waals surface area contributed by atoms with Crippen molar-refractivity contribution < 1.29 is 60.9 Å². The second kappa shape index (κ2) is 50.2. The zero-order chi connectivity index (χ0) is 87.6. The maximum Gasteiger partial charge on any atom is 0.329 e. The number of methoxy groups -OCH3 is 3. The van der Waals surface area contributed by atoms with Gasteiger partial charge in [0, 0.05) is 46.8 Å². The van der Waals surface area contributed by atoms with E-state index in [0.717, 1.165) is 79.5 Å². The maximum absolute atomic E-state index is 16.0. The Morgan fingerprint density at radius 2 is 1.08 bits per heavy atom. The lowest BCUT2D eigenvalue weighted by Crippen LogP contribution is -2.68. The van der Waals surface area contributed by atoms with Crippen molar-refractivity contribution in [3.63, 3.8) is 0 Å². The fraction of sp³-hybridized carbons (Fsp3) is 0.789. The van der Waals surface area contributed by atoms with Gasteiger partial charge in [-0.15, -0.1) is 0 Å². The number of esters is 1. The van der Waals surface area contributed by atoms with Crippen molar-refractivity contribution in [2.24, 2.45) is 35.5 Å². The quantitative estimate of drug-likeness (QED) is 0.0279. The smallest absolute Gasteiger partial charge is 0.329 e. The standard InChI is InChI=1S/C95H171I2NO13Si5/c1-32-112(33-2,34-3)108-86(73(21)59-76(24)91(111-115(68(13)14,69(15)16)70(17)18)92(105-31)90(75(23)58-71(19)55-56-96)110-113(35-4,36-5)37-6)63-85(74(22)60-78-52-54-83(87(61-78)104-30)109-116(95(26,27)28,80-46-40-38-41-47-80)81-48-42-39-43-49-81)106-94(102)82-50-44-45-57-98(82)93(101)89(100)88(99)72(20)51-53-79(62-84(103-29)77(25)64-97)107-114(65(7)8,66(9)10)67(11)12/h38-43,46-49,55-56,59,64-75,78-79,82-92,99-100H,32-37,44-45,50-54,57-58,60-63H2,1-31H3/b56-55+,76-59+,77-64+/t71-,72-,73-,74-,75-,78+,79-,82+,83-,84+,85+,86+,87-,88+,89-,90-,91-,92+/m1/s1. The predicted molar refractivity (Wildman–Crippen MR) is 518 cm³/mol. The van der Waals surface area contributed by atoms with Crippen LogP contribution in [0.25, 0.3) is 0 Å². The molecule has 18 atom stereocenters. The molecule has 14 nitrogen and oxygen atoms in total. The molecule has 2 aromatic rings. The zero-order valence-electron chi connectivity index (χ0n) is 79.0. The van der Waals surface area contributed by atoms with Gasteiger partial charge >= 0.3 is 5.97 Å². The summed E-state index contributed by atoms with van der Waals surface area (Å²) in [5, 5.41) is 26.9. The van der Waals surface area contributed by atoms with Crippen LogP contribution in [-0.2, 0) is 50.7 Å². The number of piperidine rings is 1. The number of allylic oxidation sites excluding steroid dienone is 1. The van der Waals surface area contributed by atoms with E-state index in [2.05, 4.69) is 313 Å². The Morgan fingerprint density at radius 1 is 0.569 bits per heavy atom. The van der Waals surface area contributed by atoms with Crippen LogP contribution in [0, 0.1) is 35.5 Å². The minimum atomic E-state index is -2.96. The SMILES string of the molecule is CC[Si](CC)(CC)O[C@@H]([C@H](OC)[C@H](O[Si](C(C)C)(C(C)C)C(C)C)/C(C)=C/[C@@H](C)[C@H](C[C@H](OC(=O)[C@@H]1CCCCN1C(=O)[C@H](O)[C@@H](O)[C@H](C)CC[C@H](C[C@H](OC)/C(C)=C/I)O[Si](C(C)C)(C(C)C)C(C)C)[C@H](C)C[C@@H]1CC[C@@H](O[Si](c2ccccc2)(c2ccccc2)C(C)(C)C)[C@H](OC)C1)O[Si](CC)(CC)CC)[C@H](C)C[C@H](C)/C=C/I. The van der Waals surface area contributed by atoms with E-state index in [9.17, 15) is 10.2 Å². The molecule has 0 spiro atoms. The minimum Gasteiger partial charge on any atom is -0.460 e. The Kier molecular flexibility index (Phi) is 46.3. The fourth-order valence-electron chi connectivity index (χ4n) is 21.1. The summed E-state index contributed by atoms with van der Waals surface area (Å²) in [6.07, 6.45) is 6.72. The van der Waals surface area contributed by atoms with Crippen LogP contribution in [0.5, 0.6) is 0 Å². The van der Waals surface area contributed by atoms with E-state index in [1.54, 1.807) is 7.11 Å². The van der Waals surface area contributed by atoms with Crippen molar-refractivity contribution in [3.8, 4) is 0 Å². The molecule has 1 saturated heterocycles. The van der Waals surface area contributed by atoms with Gasteiger partial charge < -0.3 is 56.2 Å². The number of amides is 1. The van der Waals surface area contributed by atoms with E-state index in [0.29, 0.717) is 84.1 Å². The van der Waals surface area contributed by atoms with Crippen LogP contribution >= 0.6 is 45.2 Å². The van der Waals surface area contributed by atoms with E-state index in [1.165, 1.54) is 15.3 Å². The van der Waals surface area contributed by atoms with Crippen LogP contribution in [0.15, 0.2) is 92.1 Å². The van der Waals surface area contributed by atoms with Crippen LogP contribution < -0.4 is 10.4 Å². The van der Waals surface area contributed by atoms with Gasteiger partial charge in [0.15, 0.2) is 22.7 Å². The summed E-state index contributed by atoms with van der Waals surface area (Å²) in [5.74, 6) is -1.31. The van der Waals surface area contributed by atoms with E-state index in [1.807, 2.05) is 21.1 Å². The molecule has 1 aliphatic heterocycles. The summed E-state index contributed by atoms with van der Waals surface area (Å²) in [6.45, 7) is 64.7. The number of hydrogen-bond acceptors (Lipinski definition) is 13. The second-order valence-electron chi connectivity index (χ2n) is 38.7. The van der Waals surface area contributed by atoms with E-state index < -0.39 is 102 Å². The number of ether oxygens (including phenoxy) is 4. The summed E-state index contributed by atoms with van der Waals surface area (Å²) in [5.41, 5.74) is 4.17. The fourth-order valence-corrected chi connectivity index (χ4v) is 44.0. The molecule has 1 heterocycles. The molecule has 21 heteroatoms. The summed E-state index contributed by atoms with van der Waals surface area (Å²) in [7, 11) is -7.20. The Bertz CT molecular complexity index is 3120. The molecule has 1 aliphatic carbocycles. The first-order valence-corrected chi connectivity index (χ1v) is 59.5. The Labute approximate surface area is 742 Å². The largest absolute Gasteiger partial charge is 0.460 e. The number of rotatable bonds is 52. The number of nitrogens with zero attached hydrogens (tertiary/aromatic N) is 1. The molecule has 0 bridgehead atoms. The van der Waals surface area contributed by atoms with Crippen molar-refractivity contribution in [1.82, 2.24) is 4.90 Å². The van der Waals surface area contributed by atoms with Gasteiger partial charge in [-0.05, 0) is 218 Å². The molecule has 0 unspecified atom stereocenters. The van der Waals surface area contributed by atoms with E-state index >= 15 is 9.59 Å². The van der Waals surface area contributed by atoms with Gasteiger partial charge in [0.25, 0.3) is 14.2 Å². The first-order valence-electron chi connectivity index (χ1n) is 45.7. The molecule has 1 amide bonds. The number of halogens is 2. The monoisotopic (exact) mass is 1930 g/mol. The van der Waals surface area contributed by atoms with Crippen LogP contribution in [0.4, 0.5) is 0 Å². The molecule has 2 aliphatic rings. The lowest BCUT2D eigenvalue weighted by molar-refractivity contribution is -0.170. The lowest BCUT2D eigenvalue weighted by atomic mass is 9.78. The molecule has 4 rings (SSSR count). The second-order valence-corrected chi connectivity index (χ2v) is 64.5. The van der Waals surface area contributed by atoms with Crippen molar-refractivity contribution in [2.75, 3.05) is 27.9 Å². The lowest BCUT2D eigenvalue weighted by Gasteiger charge is -2.49. The molecular formula is C95H171I2NO13Si5. The molecule has 2 fully saturated rings. The Morgan fingerprint density at radius 3 is 1.53 bits per heavy atom. The summed E-state index contributed by atoms with van der Waals surface area (Å²) >= 11 is 4.64. The van der Waals surface area contributed by atoms with Crippen LogP contribution in [0.2, 0.25) is 74.5 Å². The Hall–Kier alpha value is -1.26. The highest BCUT2D eigenvalue weighted by molar-refractivity contribution is 14.1. The van der Waals surface area contributed by atoms with Gasteiger partial charge in [-0.25, -0.2) is 4.79 Å². The van der Waals surface area contributed by atoms with Crippen molar-refractivity contribution in [1.29, 1.82) is 0 Å². The first kappa shape index (κ1) is 107. The normalized spacial score (nSPS) is 21.4. The van der Waals surface area contributed by atoms with Crippen molar-refractivity contribution >= 4 is 109 Å². The van der Waals surface area contributed by atoms with Crippen LogP contribution in [-0.4, -0.2) is 170 Å². The van der Waals surface area contributed by atoms with Gasteiger partial charge in [-0.2, -0.15) is 0 Å². The number of carbonyl (C=O) groups excluding carboxylic acids is 2. The number of carbonyl (C=O) groups is 2. The molecule has 668 valence electrons. The molecular weight excluding hydrogens is 1760 g/mol. The predicted octanol–water partition coefficient (Wildman–Crippen LogP) is 24.4. The number of benzene rings is 2. The molecule has 0 radical (unpaired) electrons. The summed E-state index contributed by atoms with van der Waals surface area (Å²) < 4.78 is 70.9. The highest BCUT2D eigenvalue weighted by Crippen LogP contribution is 2.49. The highest BCUT2D eigenvalue weighted by atomic mass is 127. The number of aliphatic hydroxyl groups excluding tert-OH is 2. The summed E-state index contributed by atoms with van der Waals surface area (Å²) in [6, 6.07) is 26.6. The zero-order valence-corrected chi connectivity index (χ0v) is 88.3. The number of hydrogen-bond donors (Lipinski definition) is 2. The van der Waals surface area contributed by atoms with Crippen molar-refractivity contribution in [3.05, 3.63) is 92.1 Å². The Balaban J connectivity index is 1.98. The highest BCUT2D eigenvalue weighted by Gasteiger charge is 2.55. The number of aliphatic hydroxyl groups is 2. The van der Waals surface area contributed by atoms with Crippen LogP contribution in [0.1, 0.15) is 271 Å². The average molecular weight is 1930 g/mol. The van der Waals surface area contributed by atoms with Gasteiger partial charge in [0.2, 0.25) is 16.6 Å². The summed E-state index contributed by atoms with van der Waals surface area (Å²) in [4.78, 5) is 32.8. The average Bonchev–Trinajstić information content (AvgIpc) is 0.733. The molecule has 116 heavy (non-hydrogen) atoms. The van der Waals surface area contributed by atoms with Gasteiger partial charge in [0.1, 0.15) is 18.2 Å².